The van der Waals surface area contributed by atoms with Gasteiger partial charge in [-0.15, -0.1) is 11.8 Å². The van der Waals surface area contributed by atoms with E-state index in [0.29, 0.717) is 5.03 Å². The number of carboxylic acids is 1. The molecule has 0 fully saturated rings. The summed E-state index contributed by atoms with van der Waals surface area (Å²) >= 11 is 1.42. The molecule has 0 aliphatic carbocycles. The average molecular weight is 234 g/mol. The van der Waals surface area contributed by atoms with Crippen LogP contribution in [-0.4, -0.2) is 27.1 Å². The largest absolute Gasteiger partial charge is 0.477 e. The molecular formula is C11H10N2O2S. The molecule has 0 aliphatic rings. The number of aromatic nitrogens is 2. The molecule has 1 aromatic heterocycles. The summed E-state index contributed by atoms with van der Waals surface area (Å²) in [5, 5.41) is 14.0. The van der Waals surface area contributed by atoms with Crippen molar-refractivity contribution in [2.45, 2.75) is 5.03 Å². The summed E-state index contributed by atoms with van der Waals surface area (Å²) in [6.07, 6.45) is 1.86. The van der Waals surface area contributed by atoms with E-state index in [1.54, 1.807) is 6.07 Å². The predicted octanol–water partition coefficient (Wildman–Crippen LogP) is 2.29. The van der Waals surface area contributed by atoms with Crippen LogP contribution in [0.4, 0.5) is 0 Å². The summed E-state index contributed by atoms with van der Waals surface area (Å²) in [5.74, 6) is -0.975. The number of rotatable bonds is 3. The van der Waals surface area contributed by atoms with Crippen LogP contribution in [0.5, 0.6) is 0 Å². The van der Waals surface area contributed by atoms with Crippen LogP contribution in [0.25, 0.3) is 5.69 Å². The van der Waals surface area contributed by atoms with Crippen LogP contribution >= 0.6 is 11.8 Å². The Bertz CT molecular complexity index is 508. The number of benzene rings is 1. The number of nitrogens with zero attached hydrogens (tertiary/aromatic N) is 2. The molecule has 0 radical (unpaired) electrons. The van der Waals surface area contributed by atoms with E-state index >= 15 is 0 Å². The summed E-state index contributed by atoms with van der Waals surface area (Å²) in [4.78, 5) is 11.1. The summed E-state index contributed by atoms with van der Waals surface area (Å²) in [5.41, 5.74) is 0.927. The lowest BCUT2D eigenvalue weighted by Crippen LogP contribution is -2.07. The predicted molar refractivity (Wildman–Crippen MR) is 62.3 cm³/mol. The van der Waals surface area contributed by atoms with E-state index < -0.39 is 5.97 Å². The van der Waals surface area contributed by atoms with E-state index in [1.165, 1.54) is 16.4 Å². The third-order valence-electron chi connectivity index (χ3n) is 2.12. The smallest absolute Gasteiger partial charge is 0.354 e. The van der Waals surface area contributed by atoms with Gasteiger partial charge in [-0.1, -0.05) is 18.2 Å². The van der Waals surface area contributed by atoms with Gasteiger partial charge in [0.25, 0.3) is 0 Å². The highest BCUT2D eigenvalue weighted by molar-refractivity contribution is 7.98. The van der Waals surface area contributed by atoms with Crippen molar-refractivity contribution in [2.75, 3.05) is 6.26 Å². The average Bonchev–Trinajstić information content (AvgIpc) is 2.74. The molecule has 0 spiro atoms. The first-order valence-corrected chi connectivity index (χ1v) is 5.87. The molecule has 16 heavy (non-hydrogen) atoms. The minimum Gasteiger partial charge on any atom is -0.477 e. The first kappa shape index (κ1) is 10.8. The van der Waals surface area contributed by atoms with Gasteiger partial charge in [-0.25, -0.2) is 9.48 Å². The Morgan fingerprint density at radius 2 is 2.06 bits per heavy atom. The summed E-state index contributed by atoms with van der Waals surface area (Å²) in [6, 6.07) is 10.8. The van der Waals surface area contributed by atoms with Gasteiger partial charge in [-0.2, -0.15) is 5.10 Å². The maximum atomic E-state index is 11.1. The maximum absolute atomic E-state index is 11.1. The molecule has 0 aliphatic heterocycles. The van der Waals surface area contributed by atoms with E-state index in [1.807, 2.05) is 36.6 Å². The van der Waals surface area contributed by atoms with E-state index in [9.17, 15) is 4.79 Å². The fourth-order valence-corrected chi connectivity index (χ4v) is 1.77. The number of hydrogen-bond donors (Lipinski definition) is 1. The van der Waals surface area contributed by atoms with Gasteiger partial charge in [-0.3, -0.25) is 0 Å². The summed E-state index contributed by atoms with van der Waals surface area (Å²) < 4.78 is 1.44. The second-order valence-electron chi connectivity index (χ2n) is 3.12. The quantitative estimate of drug-likeness (QED) is 0.828. The van der Waals surface area contributed by atoms with Crippen LogP contribution in [0.3, 0.4) is 0 Å². The van der Waals surface area contributed by atoms with Crippen LogP contribution in [0.2, 0.25) is 0 Å². The summed E-state index contributed by atoms with van der Waals surface area (Å²) in [6.45, 7) is 0. The number of aromatic carboxylic acids is 1. The highest BCUT2D eigenvalue weighted by atomic mass is 32.2. The number of thioether (sulfide) groups is 1. The van der Waals surface area contributed by atoms with Crippen molar-refractivity contribution in [3.8, 4) is 5.69 Å². The number of hydrogen-bond acceptors (Lipinski definition) is 3. The lowest BCUT2D eigenvalue weighted by Gasteiger charge is -2.02. The summed E-state index contributed by atoms with van der Waals surface area (Å²) in [7, 11) is 0. The zero-order valence-electron chi connectivity index (χ0n) is 8.62. The zero-order chi connectivity index (χ0) is 11.5. The topological polar surface area (TPSA) is 55.1 Å². The Labute approximate surface area is 96.9 Å². The zero-order valence-corrected chi connectivity index (χ0v) is 9.44. The molecule has 1 N–H and O–H groups in total. The normalized spacial score (nSPS) is 10.3. The van der Waals surface area contributed by atoms with Crippen molar-refractivity contribution in [1.82, 2.24) is 9.78 Å². The van der Waals surface area contributed by atoms with Crippen molar-refractivity contribution in [2.24, 2.45) is 0 Å². The molecule has 0 atom stereocenters. The van der Waals surface area contributed by atoms with Gasteiger partial charge in [0.1, 0.15) is 5.03 Å². The number of carbonyl (C=O) groups is 1. The molecule has 2 rings (SSSR count). The van der Waals surface area contributed by atoms with Crippen LogP contribution < -0.4 is 0 Å². The van der Waals surface area contributed by atoms with Crippen molar-refractivity contribution < 1.29 is 9.90 Å². The minimum absolute atomic E-state index is 0.176. The Morgan fingerprint density at radius 1 is 1.38 bits per heavy atom. The van der Waals surface area contributed by atoms with Gasteiger partial charge in [0.15, 0.2) is 5.69 Å². The van der Waals surface area contributed by atoms with E-state index in [2.05, 4.69) is 5.10 Å². The second-order valence-corrected chi connectivity index (χ2v) is 3.95. The second kappa shape index (κ2) is 4.40. The van der Waals surface area contributed by atoms with E-state index in [4.69, 9.17) is 5.11 Å². The molecule has 5 heteroatoms. The standard InChI is InChI=1S/C11H10N2O2S/c1-16-10-7-9(11(14)15)13(12-10)8-5-3-2-4-6-8/h2-7H,1H3,(H,14,15). The molecule has 82 valence electrons. The first-order chi connectivity index (χ1) is 7.72. The van der Waals surface area contributed by atoms with Crippen LogP contribution in [-0.2, 0) is 0 Å². The lowest BCUT2D eigenvalue weighted by atomic mass is 10.3. The molecule has 0 saturated carbocycles. The third-order valence-corrected chi connectivity index (χ3v) is 2.73. The van der Waals surface area contributed by atoms with Gasteiger partial charge < -0.3 is 5.11 Å². The lowest BCUT2D eigenvalue weighted by molar-refractivity contribution is 0.0687. The monoisotopic (exact) mass is 234 g/mol. The van der Waals surface area contributed by atoms with Gasteiger partial charge in [0.05, 0.1) is 5.69 Å². The molecule has 4 nitrogen and oxygen atoms in total. The molecule has 0 unspecified atom stereocenters. The van der Waals surface area contributed by atoms with Crippen molar-refractivity contribution in [3.63, 3.8) is 0 Å². The molecule has 1 aromatic carbocycles. The minimum atomic E-state index is -0.975. The highest BCUT2D eigenvalue weighted by Crippen LogP contribution is 2.18. The molecule has 2 aromatic rings. The van der Waals surface area contributed by atoms with Crippen molar-refractivity contribution in [1.29, 1.82) is 0 Å². The third kappa shape index (κ3) is 1.94. The van der Waals surface area contributed by atoms with Crippen molar-refractivity contribution in [3.05, 3.63) is 42.1 Å². The Balaban J connectivity index is 2.55. The molecular weight excluding hydrogens is 224 g/mol. The van der Waals surface area contributed by atoms with Gasteiger partial charge in [0, 0.05) is 6.07 Å². The van der Waals surface area contributed by atoms with Gasteiger partial charge in [-0.05, 0) is 18.4 Å². The molecule has 0 saturated heterocycles. The van der Waals surface area contributed by atoms with Crippen molar-refractivity contribution >= 4 is 17.7 Å². The maximum Gasteiger partial charge on any atom is 0.354 e. The number of para-hydroxylation sites is 1. The molecule has 0 bridgehead atoms. The van der Waals surface area contributed by atoms with Crippen LogP contribution in [0, 0.1) is 0 Å². The SMILES string of the molecule is CSc1cc(C(=O)O)n(-c2ccccc2)n1. The Kier molecular flexibility index (Phi) is 2.96. The van der Waals surface area contributed by atoms with Crippen LogP contribution in [0.1, 0.15) is 10.5 Å². The molecule has 1 heterocycles. The Morgan fingerprint density at radius 3 is 2.62 bits per heavy atom. The fourth-order valence-electron chi connectivity index (χ4n) is 1.38. The number of carboxylic acid groups (broad SMARTS) is 1. The fraction of sp³-hybridized carbons (Fsp3) is 0.0909. The van der Waals surface area contributed by atoms with Crippen LogP contribution in [0.15, 0.2) is 41.4 Å². The first-order valence-electron chi connectivity index (χ1n) is 4.65. The Hall–Kier alpha value is -1.75. The van der Waals surface area contributed by atoms with Gasteiger partial charge >= 0.3 is 5.97 Å². The highest BCUT2D eigenvalue weighted by Gasteiger charge is 2.14. The van der Waals surface area contributed by atoms with Gasteiger partial charge in [0.2, 0.25) is 0 Å². The molecule has 0 amide bonds. The van der Waals surface area contributed by atoms with E-state index in [0.717, 1.165) is 5.69 Å². The van der Waals surface area contributed by atoms with E-state index in [-0.39, 0.29) is 5.69 Å².